The maximum atomic E-state index is 9.62. The molecule has 2 aromatic rings. The molecule has 0 saturated carbocycles. The first-order valence-corrected chi connectivity index (χ1v) is 8.86. The van der Waals surface area contributed by atoms with Gasteiger partial charge in [0.05, 0.1) is 7.11 Å². The molecule has 134 valence electrons. The molecule has 25 heavy (non-hydrogen) atoms. The molecule has 1 N–H and O–H groups in total. The number of nitrogens with zero attached hydrogens (tertiary/aromatic N) is 4. The lowest BCUT2D eigenvalue weighted by molar-refractivity contribution is 0.101. The third-order valence-electron chi connectivity index (χ3n) is 5.03. The summed E-state index contributed by atoms with van der Waals surface area (Å²) in [6.45, 7) is 4.33. The van der Waals surface area contributed by atoms with Gasteiger partial charge < -0.3 is 19.1 Å². The molecule has 1 atom stereocenters. The first kappa shape index (κ1) is 16.4. The summed E-state index contributed by atoms with van der Waals surface area (Å²) in [6, 6.07) is 5.30. The number of ether oxygens (including phenoxy) is 2. The van der Waals surface area contributed by atoms with Crippen molar-refractivity contribution >= 4 is 0 Å². The highest BCUT2D eigenvalue weighted by Gasteiger charge is 2.27. The van der Waals surface area contributed by atoms with Crippen LogP contribution in [0.25, 0.3) is 0 Å². The van der Waals surface area contributed by atoms with Gasteiger partial charge in [-0.3, -0.25) is 4.90 Å². The van der Waals surface area contributed by atoms with Crippen molar-refractivity contribution in [3.8, 4) is 11.5 Å². The van der Waals surface area contributed by atoms with Gasteiger partial charge in [-0.25, -0.2) is 0 Å². The molecular formula is C18H24N4O3. The Morgan fingerprint density at radius 2 is 2.20 bits per heavy atom. The van der Waals surface area contributed by atoms with E-state index in [2.05, 4.69) is 19.7 Å². The van der Waals surface area contributed by atoms with Gasteiger partial charge in [-0.2, -0.15) is 0 Å². The fraction of sp³-hybridized carbons (Fsp3) is 0.556. The van der Waals surface area contributed by atoms with Crippen molar-refractivity contribution in [3.05, 3.63) is 35.4 Å². The number of phenolic OH excluding ortho intramolecular Hbond substituents is 1. The average molecular weight is 344 g/mol. The molecule has 1 aromatic carbocycles. The van der Waals surface area contributed by atoms with E-state index < -0.39 is 0 Å². The van der Waals surface area contributed by atoms with Gasteiger partial charge in [0.25, 0.3) is 0 Å². The quantitative estimate of drug-likeness (QED) is 0.913. The predicted molar refractivity (Wildman–Crippen MR) is 91.6 cm³/mol. The SMILES string of the molecule is COc1cc(O)ccc1CN1CCc2nnc(C3CCCO3)n2CC1. The van der Waals surface area contributed by atoms with E-state index in [0.717, 1.165) is 75.0 Å². The highest BCUT2D eigenvalue weighted by Crippen LogP contribution is 2.29. The number of fused-ring (bicyclic) bond motifs is 1. The minimum absolute atomic E-state index is 0.102. The van der Waals surface area contributed by atoms with Crippen LogP contribution in [0.3, 0.4) is 0 Å². The monoisotopic (exact) mass is 344 g/mol. The van der Waals surface area contributed by atoms with Gasteiger partial charge in [0.1, 0.15) is 23.4 Å². The summed E-state index contributed by atoms with van der Waals surface area (Å²) < 4.78 is 13.4. The Bertz CT molecular complexity index is 740. The molecule has 4 rings (SSSR count). The molecular weight excluding hydrogens is 320 g/mol. The van der Waals surface area contributed by atoms with Crippen LogP contribution in [0.2, 0.25) is 0 Å². The molecule has 2 aliphatic rings. The molecule has 1 fully saturated rings. The minimum atomic E-state index is 0.102. The van der Waals surface area contributed by atoms with E-state index in [9.17, 15) is 5.11 Å². The Kier molecular flexibility index (Phi) is 4.59. The van der Waals surface area contributed by atoms with Crippen molar-refractivity contribution in [3.63, 3.8) is 0 Å². The van der Waals surface area contributed by atoms with Gasteiger partial charge in [-0.1, -0.05) is 6.07 Å². The minimum Gasteiger partial charge on any atom is -0.508 e. The van der Waals surface area contributed by atoms with Gasteiger partial charge in [0, 0.05) is 50.8 Å². The van der Waals surface area contributed by atoms with E-state index in [1.54, 1.807) is 19.2 Å². The van der Waals surface area contributed by atoms with E-state index in [1.165, 1.54) is 0 Å². The summed E-state index contributed by atoms with van der Waals surface area (Å²) in [5.74, 6) is 2.98. The molecule has 0 radical (unpaired) electrons. The topological polar surface area (TPSA) is 72.6 Å². The molecule has 1 unspecified atom stereocenters. The molecule has 0 spiro atoms. The second-order valence-electron chi connectivity index (χ2n) is 6.65. The van der Waals surface area contributed by atoms with Crippen molar-refractivity contribution in [1.82, 2.24) is 19.7 Å². The van der Waals surface area contributed by atoms with Gasteiger partial charge in [-0.05, 0) is 18.9 Å². The molecule has 0 bridgehead atoms. The maximum absolute atomic E-state index is 9.62. The number of methoxy groups -OCH3 is 1. The van der Waals surface area contributed by atoms with Crippen LogP contribution in [0.5, 0.6) is 11.5 Å². The van der Waals surface area contributed by atoms with Gasteiger partial charge in [-0.15, -0.1) is 10.2 Å². The summed E-state index contributed by atoms with van der Waals surface area (Å²) in [5.41, 5.74) is 1.08. The van der Waals surface area contributed by atoms with E-state index in [4.69, 9.17) is 9.47 Å². The van der Waals surface area contributed by atoms with Crippen LogP contribution in [-0.2, 0) is 24.2 Å². The molecule has 3 heterocycles. The van der Waals surface area contributed by atoms with Crippen LogP contribution < -0.4 is 4.74 Å². The number of aromatic hydroxyl groups is 1. The first-order valence-electron chi connectivity index (χ1n) is 8.86. The Morgan fingerprint density at radius 1 is 1.28 bits per heavy atom. The van der Waals surface area contributed by atoms with Gasteiger partial charge in [0.2, 0.25) is 0 Å². The van der Waals surface area contributed by atoms with Crippen LogP contribution in [0, 0.1) is 0 Å². The molecule has 7 heteroatoms. The number of rotatable bonds is 4. The molecule has 0 aliphatic carbocycles. The lowest BCUT2D eigenvalue weighted by Gasteiger charge is -2.21. The third-order valence-corrected chi connectivity index (χ3v) is 5.03. The van der Waals surface area contributed by atoms with Gasteiger partial charge >= 0.3 is 0 Å². The van der Waals surface area contributed by atoms with E-state index in [0.29, 0.717) is 0 Å². The van der Waals surface area contributed by atoms with Crippen molar-refractivity contribution < 1.29 is 14.6 Å². The van der Waals surface area contributed by atoms with Gasteiger partial charge in [0.15, 0.2) is 5.82 Å². The Balaban J connectivity index is 1.47. The van der Waals surface area contributed by atoms with Crippen LogP contribution in [-0.4, -0.2) is 51.6 Å². The Morgan fingerprint density at radius 3 is 3.00 bits per heavy atom. The second kappa shape index (κ2) is 7.01. The molecule has 7 nitrogen and oxygen atoms in total. The smallest absolute Gasteiger partial charge is 0.162 e. The standard InChI is InChI=1S/C18H24N4O3/c1-24-16-11-14(23)5-4-13(16)12-21-7-6-17-19-20-18(22(17)9-8-21)15-3-2-10-25-15/h4-5,11,15,23H,2-3,6-10,12H2,1H3. The van der Waals surface area contributed by atoms with Crippen LogP contribution >= 0.6 is 0 Å². The highest BCUT2D eigenvalue weighted by molar-refractivity contribution is 5.40. The number of benzene rings is 1. The number of hydrogen-bond acceptors (Lipinski definition) is 6. The summed E-state index contributed by atoms with van der Waals surface area (Å²) in [5, 5.41) is 18.4. The Labute approximate surface area is 147 Å². The normalized spacial score (nSPS) is 21.1. The zero-order valence-corrected chi connectivity index (χ0v) is 14.5. The van der Waals surface area contributed by atoms with E-state index >= 15 is 0 Å². The fourth-order valence-electron chi connectivity index (χ4n) is 3.67. The predicted octanol–water partition coefficient (Wildman–Crippen LogP) is 1.90. The van der Waals surface area contributed by atoms with Crippen molar-refractivity contribution in [2.24, 2.45) is 0 Å². The van der Waals surface area contributed by atoms with Crippen molar-refractivity contribution in [2.75, 3.05) is 26.8 Å². The van der Waals surface area contributed by atoms with Crippen molar-refractivity contribution in [1.29, 1.82) is 0 Å². The van der Waals surface area contributed by atoms with Crippen LogP contribution in [0.4, 0.5) is 0 Å². The molecule has 1 aromatic heterocycles. The number of phenols is 1. The van der Waals surface area contributed by atoms with Crippen LogP contribution in [0.1, 0.15) is 36.2 Å². The van der Waals surface area contributed by atoms with Crippen LogP contribution in [0.15, 0.2) is 18.2 Å². The highest BCUT2D eigenvalue weighted by atomic mass is 16.5. The fourth-order valence-corrected chi connectivity index (χ4v) is 3.67. The zero-order chi connectivity index (χ0) is 17.2. The maximum Gasteiger partial charge on any atom is 0.162 e. The van der Waals surface area contributed by atoms with E-state index in [-0.39, 0.29) is 11.9 Å². The lowest BCUT2D eigenvalue weighted by Crippen LogP contribution is -2.27. The molecule has 2 aliphatic heterocycles. The van der Waals surface area contributed by atoms with E-state index in [1.807, 2.05) is 6.07 Å². The summed E-state index contributed by atoms with van der Waals surface area (Å²) in [6.07, 6.45) is 3.11. The zero-order valence-electron chi connectivity index (χ0n) is 14.5. The number of aromatic nitrogens is 3. The molecule has 0 amide bonds. The summed E-state index contributed by atoms with van der Waals surface area (Å²) >= 11 is 0. The average Bonchev–Trinajstić information content (AvgIpc) is 3.24. The third kappa shape index (κ3) is 3.34. The second-order valence-corrected chi connectivity index (χ2v) is 6.65. The lowest BCUT2D eigenvalue weighted by atomic mass is 10.1. The largest absolute Gasteiger partial charge is 0.508 e. The first-order chi connectivity index (χ1) is 12.2. The Hall–Kier alpha value is -2.12. The summed E-state index contributed by atoms with van der Waals surface area (Å²) in [7, 11) is 1.63. The number of hydrogen-bond donors (Lipinski definition) is 1. The summed E-state index contributed by atoms with van der Waals surface area (Å²) in [4.78, 5) is 2.39. The van der Waals surface area contributed by atoms with Crippen molar-refractivity contribution in [2.45, 2.75) is 38.5 Å². The molecule has 1 saturated heterocycles.